The first kappa shape index (κ1) is 12.9. The number of carbonyl (C=O) groups is 1. The van der Waals surface area contributed by atoms with Crippen molar-refractivity contribution in [3.63, 3.8) is 0 Å². The van der Waals surface area contributed by atoms with Crippen molar-refractivity contribution in [2.45, 2.75) is 29.6 Å². The number of benzene rings is 1. The zero-order valence-electron chi connectivity index (χ0n) is 10.3. The van der Waals surface area contributed by atoms with Crippen LogP contribution >= 0.6 is 0 Å². The number of fused-ring (bicyclic) bond motifs is 2. The lowest BCUT2D eigenvalue weighted by atomic mass is 10.1. The highest BCUT2D eigenvalue weighted by molar-refractivity contribution is 7.93. The molecular weight excluding hydrogens is 254 g/mol. The van der Waals surface area contributed by atoms with Crippen LogP contribution in [-0.2, 0) is 21.1 Å². The van der Waals surface area contributed by atoms with Gasteiger partial charge >= 0.3 is 5.97 Å². The summed E-state index contributed by atoms with van der Waals surface area (Å²) in [7, 11) is -1.74. The summed E-state index contributed by atoms with van der Waals surface area (Å²) < 4.78 is 24.0. The molecule has 2 bridgehead atoms. The summed E-state index contributed by atoms with van der Waals surface area (Å²) in [5.41, 5.74) is 1.32. The van der Waals surface area contributed by atoms with E-state index in [2.05, 4.69) is 0 Å². The fraction of sp³-hybridized carbons (Fsp3) is 0.417. The summed E-state index contributed by atoms with van der Waals surface area (Å²) in [4.78, 5) is 12.9. The zero-order valence-corrected chi connectivity index (χ0v) is 11.1. The molecule has 0 spiro atoms. The first-order chi connectivity index (χ1) is 8.39. The number of sulfone groups is 1. The molecule has 1 aromatic rings. The van der Waals surface area contributed by atoms with Crippen LogP contribution in [0.1, 0.15) is 18.9 Å². The number of rotatable bonds is 5. The van der Waals surface area contributed by atoms with Crippen molar-refractivity contribution in [3.8, 4) is 0 Å². The Labute approximate surface area is 106 Å². The highest BCUT2D eigenvalue weighted by Gasteiger charge is 2.39. The second-order valence-corrected chi connectivity index (χ2v) is 6.25. The number of aliphatic carboxylic acids is 1. The smallest absolute Gasteiger partial charge is 0.323 e. The molecule has 0 saturated carbocycles. The maximum atomic E-state index is 12.0. The number of likely N-dealkylation sites (N-methyl/N-ethyl adjacent to an activating group) is 1. The molecule has 5 nitrogen and oxygen atoms in total. The molecule has 0 aromatic heterocycles. The van der Waals surface area contributed by atoms with Crippen molar-refractivity contribution in [2.75, 3.05) is 18.5 Å². The fourth-order valence-corrected chi connectivity index (χ4v) is 4.17. The van der Waals surface area contributed by atoms with E-state index >= 15 is 0 Å². The van der Waals surface area contributed by atoms with Crippen LogP contribution in [0.4, 0.5) is 5.69 Å². The molecule has 0 saturated heterocycles. The van der Waals surface area contributed by atoms with Gasteiger partial charge in [0, 0.05) is 7.05 Å². The maximum Gasteiger partial charge on any atom is 0.323 e. The summed E-state index contributed by atoms with van der Waals surface area (Å²) in [6, 6.07) is 3.24. The van der Waals surface area contributed by atoms with Gasteiger partial charge in [-0.05, 0) is 24.1 Å². The average Bonchev–Trinajstić information content (AvgIpc) is 2.28. The molecule has 6 heteroatoms. The van der Waals surface area contributed by atoms with E-state index in [1.165, 1.54) is 4.90 Å². The topological polar surface area (TPSA) is 74.7 Å². The zero-order chi connectivity index (χ0) is 13.5. The summed E-state index contributed by atoms with van der Waals surface area (Å²) in [6.07, 6.45) is 1.57. The Hall–Kier alpha value is -1.56. The van der Waals surface area contributed by atoms with Gasteiger partial charge in [0.05, 0.1) is 15.5 Å². The van der Waals surface area contributed by atoms with E-state index in [1.807, 2.05) is 6.92 Å². The minimum absolute atomic E-state index is 0.215. The van der Waals surface area contributed by atoms with Crippen LogP contribution in [-0.4, -0.2) is 33.1 Å². The van der Waals surface area contributed by atoms with Gasteiger partial charge in [-0.2, -0.15) is 0 Å². The number of aryl methyl sites for hydroxylation is 1. The quantitative estimate of drug-likeness (QED) is 0.885. The molecule has 1 N–H and O–H groups in total. The standard InChI is InChI=1S/C12H15NO4S/c1-3-4-8-10-6-5-9(12(8)18(10,16)17)13(2)7-11(14)15/h5-6H,3-4,7H2,1-2H3,(H,14,15). The molecule has 18 heavy (non-hydrogen) atoms. The lowest BCUT2D eigenvalue weighted by Crippen LogP contribution is -2.30. The summed E-state index contributed by atoms with van der Waals surface area (Å²) in [5.74, 6) is -0.984. The minimum Gasteiger partial charge on any atom is -0.480 e. The number of carboxylic acids is 1. The van der Waals surface area contributed by atoms with Crippen LogP contribution in [0.25, 0.3) is 0 Å². The molecule has 0 atom stereocenters. The van der Waals surface area contributed by atoms with E-state index in [0.29, 0.717) is 21.9 Å². The van der Waals surface area contributed by atoms with Crippen LogP contribution in [0.2, 0.25) is 0 Å². The molecule has 0 aliphatic carbocycles. The van der Waals surface area contributed by atoms with Crippen molar-refractivity contribution in [3.05, 3.63) is 17.7 Å². The number of hydrogen-bond acceptors (Lipinski definition) is 4. The highest BCUT2D eigenvalue weighted by atomic mass is 32.2. The second-order valence-electron chi connectivity index (χ2n) is 4.39. The first-order valence-electron chi connectivity index (χ1n) is 5.73. The van der Waals surface area contributed by atoms with Gasteiger partial charge in [0.25, 0.3) is 0 Å². The van der Waals surface area contributed by atoms with Gasteiger partial charge in [-0.1, -0.05) is 13.3 Å². The number of hydrogen-bond donors (Lipinski definition) is 1. The van der Waals surface area contributed by atoms with E-state index in [1.54, 1.807) is 19.2 Å². The van der Waals surface area contributed by atoms with Crippen LogP contribution < -0.4 is 4.90 Å². The lowest BCUT2D eigenvalue weighted by Gasteiger charge is -2.30. The molecule has 3 rings (SSSR count). The van der Waals surface area contributed by atoms with Gasteiger partial charge in [0.1, 0.15) is 6.54 Å². The molecule has 2 aliphatic rings. The van der Waals surface area contributed by atoms with Crippen LogP contribution in [0.15, 0.2) is 21.9 Å². The van der Waals surface area contributed by atoms with Crippen molar-refractivity contribution < 1.29 is 18.3 Å². The van der Waals surface area contributed by atoms with Crippen molar-refractivity contribution in [1.82, 2.24) is 0 Å². The predicted molar refractivity (Wildman–Crippen MR) is 66.8 cm³/mol. The third kappa shape index (κ3) is 1.77. The number of nitrogens with zero attached hydrogens (tertiary/aromatic N) is 1. The van der Waals surface area contributed by atoms with Crippen LogP contribution in [0.5, 0.6) is 0 Å². The summed E-state index contributed by atoms with van der Waals surface area (Å²) >= 11 is 0. The molecule has 2 heterocycles. The third-order valence-corrected chi connectivity index (χ3v) is 4.99. The second kappa shape index (κ2) is 4.28. The van der Waals surface area contributed by atoms with Crippen LogP contribution in [0.3, 0.4) is 0 Å². The molecule has 0 amide bonds. The summed E-state index contributed by atoms with van der Waals surface area (Å²) in [5, 5.41) is 8.76. The van der Waals surface area contributed by atoms with Gasteiger partial charge in [-0.15, -0.1) is 0 Å². The van der Waals surface area contributed by atoms with E-state index in [9.17, 15) is 13.2 Å². The third-order valence-electron chi connectivity index (χ3n) is 3.04. The van der Waals surface area contributed by atoms with Gasteiger partial charge in [0.2, 0.25) is 9.84 Å². The Bertz CT molecular complexity index is 607. The maximum absolute atomic E-state index is 12.0. The van der Waals surface area contributed by atoms with Gasteiger partial charge in [-0.3, -0.25) is 4.79 Å². The van der Waals surface area contributed by atoms with E-state index < -0.39 is 15.8 Å². The Kier molecular flexibility index (Phi) is 3.06. The average molecular weight is 269 g/mol. The molecule has 2 aliphatic heterocycles. The van der Waals surface area contributed by atoms with E-state index in [4.69, 9.17) is 5.11 Å². The van der Waals surface area contributed by atoms with Crippen LogP contribution in [0, 0.1) is 0 Å². The Morgan fingerprint density at radius 3 is 2.56 bits per heavy atom. The predicted octanol–water partition coefficient (Wildman–Crippen LogP) is 1.31. The largest absolute Gasteiger partial charge is 0.480 e. The van der Waals surface area contributed by atoms with Crippen molar-refractivity contribution in [2.24, 2.45) is 0 Å². The molecule has 0 fully saturated rings. The van der Waals surface area contributed by atoms with E-state index in [-0.39, 0.29) is 6.54 Å². The minimum atomic E-state index is -3.33. The van der Waals surface area contributed by atoms with Crippen molar-refractivity contribution in [1.29, 1.82) is 0 Å². The van der Waals surface area contributed by atoms with Crippen molar-refractivity contribution >= 4 is 21.5 Å². The Morgan fingerprint density at radius 1 is 1.39 bits per heavy atom. The Morgan fingerprint density at radius 2 is 2.06 bits per heavy atom. The lowest BCUT2D eigenvalue weighted by molar-refractivity contribution is -0.135. The molecule has 1 aromatic carbocycles. The number of anilines is 1. The highest BCUT2D eigenvalue weighted by Crippen LogP contribution is 2.45. The van der Waals surface area contributed by atoms with Gasteiger partial charge in [0.15, 0.2) is 0 Å². The molecular formula is C12H15NO4S. The first-order valence-corrected chi connectivity index (χ1v) is 7.21. The normalized spacial score (nSPS) is 15.0. The number of carboxylic acid groups (broad SMARTS) is 1. The fourth-order valence-electron chi connectivity index (χ4n) is 2.29. The van der Waals surface area contributed by atoms with E-state index in [0.717, 1.165) is 12.0 Å². The van der Waals surface area contributed by atoms with Gasteiger partial charge < -0.3 is 10.0 Å². The van der Waals surface area contributed by atoms with Gasteiger partial charge in [-0.25, -0.2) is 8.42 Å². The summed E-state index contributed by atoms with van der Waals surface area (Å²) in [6.45, 7) is 1.77. The Balaban J connectivity index is 2.47. The SMILES string of the molecule is CCCc1c2ccc(N(C)CC(=O)O)c1S2(=O)=O. The monoisotopic (exact) mass is 269 g/mol. The molecule has 0 radical (unpaired) electrons. The molecule has 98 valence electrons. The molecule has 0 unspecified atom stereocenters.